The lowest BCUT2D eigenvalue weighted by Gasteiger charge is -2.21. The lowest BCUT2D eigenvalue weighted by molar-refractivity contribution is -0.137. The van der Waals surface area contributed by atoms with Crippen molar-refractivity contribution in [3.05, 3.63) is 36.8 Å². The number of aromatic nitrogens is 2. The molecule has 0 amide bonds. The fourth-order valence-corrected chi connectivity index (χ4v) is 1.80. The zero-order valence-corrected chi connectivity index (χ0v) is 11.8. The van der Waals surface area contributed by atoms with E-state index in [1.807, 2.05) is 45.0 Å². The molecule has 20 heavy (non-hydrogen) atoms. The third-order valence-corrected chi connectivity index (χ3v) is 2.53. The molecule has 0 spiro atoms. The average Bonchev–Trinajstić information content (AvgIpc) is 2.75. The van der Waals surface area contributed by atoms with Gasteiger partial charge in [-0.1, -0.05) is 0 Å². The molecule has 1 aromatic heterocycles. The van der Waals surface area contributed by atoms with Gasteiger partial charge in [-0.25, -0.2) is 4.98 Å². The molecule has 2 aromatic rings. The average molecular weight is 274 g/mol. The van der Waals surface area contributed by atoms with Gasteiger partial charge in [-0.15, -0.1) is 0 Å². The number of imidazole rings is 1. The number of carboxylic acid groups (broad SMARTS) is 1. The lowest BCUT2D eigenvalue weighted by Crippen LogP contribution is -2.22. The van der Waals surface area contributed by atoms with Gasteiger partial charge in [0.1, 0.15) is 17.9 Å². The van der Waals surface area contributed by atoms with Crippen LogP contribution in [0.5, 0.6) is 5.75 Å². The number of hydrogen-bond donors (Lipinski definition) is 1. The SMILES string of the molecule is CC(C)(C)Oc1ccc(-c2cn(CC(=O)O)cn2)cc1. The summed E-state index contributed by atoms with van der Waals surface area (Å²) in [6, 6.07) is 7.59. The van der Waals surface area contributed by atoms with Crippen LogP contribution in [-0.4, -0.2) is 26.2 Å². The van der Waals surface area contributed by atoms with Crippen molar-refractivity contribution in [3.8, 4) is 17.0 Å². The predicted molar refractivity (Wildman–Crippen MR) is 75.7 cm³/mol. The van der Waals surface area contributed by atoms with Gasteiger partial charge in [0.05, 0.1) is 12.0 Å². The largest absolute Gasteiger partial charge is 0.488 e. The topological polar surface area (TPSA) is 64.3 Å². The summed E-state index contributed by atoms with van der Waals surface area (Å²) in [5, 5.41) is 8.73. The first-order valence-electron chi connectivity index (χ1n) is 6.36. The number of carbonyl (C=O) groups is 1. The minimum absolute atomic E-state index is 0.0851. The Hall–Kier alpha value is -2.30. The summed E-state index contributed by atoms with van der Waals surface area (Å²) < 4.78 is 7.29. The smallest absolute Gasteiger partial charge is 0.323 e. The van der Waals surface area contributed by atoms with E-state index >= 15 is 0 Å². The second kappa shape index (κ2) is 5.36. The van der Waals surface area contributed by atoms with Crippen LogP contribution in [0, 0.1) is 0 Å². The second-order valence-electron chi connectivity index (χ2n) is 5.56. The molecule has 1 aromatic carbocycles. The number of nitrogens with zero attached hydrogens (tertiary/aromatic N) is 2. The number of aliphatic carboxylic acids is 1. The Morgan fingerprint density at radius 2 is 1.95 bits per heavy atom. The molecule has 0 saturated heterocycles. The molecule has 0 aliphatic carbocycles. The Morgan fingerprint density at radius 1 is 1.30 bits per heavy atom. The van der Waals surface area contributed by atoms with Crippen molar-refractivity contribution in [1.29, 1.82) is 0 Å². The van der Waals surface area contributed by atoms with Crippen molar-refractivity contribution in [2.45, 2.75) is 32.9 Å². The summed E-state index contributed by atoms with van der Waals surface area (Å²) in [5.74, 6) is -0.0888. The molecule has 0 fully saturated rings. The van der Waals surface area contributed by atoms with Crippen LogP contribution in [0.25, 0.3) is 11.3 Å². The number of carboxylic acids is 1. The third kappa shape index (κ3) is 3.85. The van der Waals surface area contributed by atoms with Crippen molar-refractivity contribution in [2.24, 2.45) is 0 Å². The summed E-state index contributed by atoms with van der Waals surface area (Å²) in [7, 11) is 0. The van der Waals surface area contributed by atoms with Gasteiger partial charge in [-0.2, -0.15) is 0 Å². The van der Waals surface area contributed by atoms with Crippen molar-refractivity contribution in [3.63, 3.8) is 0 Å². The van der Waals surface area contributed by atoms with Gasteiger partial charge < -0.3 is 14.4 Å². The number of hydrogen-bond acceptors (Lipinski definition) is 3. The molecule has 1 heterocycles. The van der Waals surface area contributed by atoms with Gasteiger partial charge in [-0.3, -0.25) is 4.79 Å². The van der Waals surface area contributed by atoms with Crippen LogP contribution < -0.4 is 4.74 Å². The summed E-state index contributed by atoms with van der Waals surface area (Å²) >= 11 is 0. The maximum Gasteiger partial charge on any atom is 0.323 e. The summed E-state index contributed by atoms with van der Waals surface area (Å²) in [6.45, 7) is 5.90. The van der Waals surface area contributed by atoms with Crippen molar-refractivity contribution >= 4 is 5.97 Å². The molecule has 5 nitrogen and oxygen atoms in total. The molecule has 0 unspecified atom stereocenters. The molecule has 0 aliphatic rings. The normalized spacial score (nSPS) is 11.3. The maximum absolute atomic E-state index is 10.6. The Kier molecular flexibility index (Phi) is 3.79. The number of benzene rings is 1. The van der Waals surface area contributed by atoms with Crippen molar-refractivity contribution in [1.82, 2.24) is 9.55 Å². The summed E-state index contributed by atoms with van der Waals surface area (Å²) in [6.07, 6.45) is 3.23. The Balaban J connectivity index is 2.13. The standard InChI is InChI=1S/C15H18N2O3/c1-15(2,3)20-12-6-4-11(5-7-12)13-8-17(10-16-13)9-14(18)19/h4-8,10H,9H2,1-3H3,(H,18,19). The summed E-state index contributed by atoms with van der Waals surface area (Å²) in [5.41, 5.74) is 1.44. The first-order valence-corrected chi connectivity index (χ1v) is 6.36. The van der Waals surface area contributed by atoms with E-state index in [1.54, 1.807) is 6.20 Å². The lowest BCUT2D eigenvalue weighted by atomic mass is 10.1. The van der Waals surface area contributed by atoms with Crippen molar-refractivity contribution < 1.29 is 14.6 Å². The van der Waals surface area contributed by atoms with Gasteiger partial charge in [0.15, 0.2) is 0 Å². The highest BCUT2D eigenvalue weighted by atomic mass is 16.5. The number of ether oxygens (including phenoxy) is 1. The first-order chi connectivity index (χ1) is 9.33. The van der Waals surface area contributed by atoms with Crippen molar-refractivity contribution in [2.75, 3.05) is 0 Å². The molecule has 2 rings (SSSR count). The van der Waals surface area contributed by atoms with Crippen LogP contribution in [0.15, 0.2) is 36.8 Å². The van der Waals surface area contributed by atoms with Gasteiger partial charge in [-0.05, 0) is 45.0 Å². The molecule has 0 saturated carbocycles. The number of rotatable bonds is 4. The molecule has 0 bridgehead atoms. The predicted octanol–water partition coefficient (Wildman–Crippen LogP) is 2.81. The maximum atomic E-state index is 10.6. The monoisotopic (exact) mass is 274 g/mol. The van der Waals surface area contributed by atoms with Gasteiger partial charge in [0.25, 0.3) is 0 Å². The molecular formula is C15H18N2O3. The van der Waals surface area contributed by atoms with E-state index < -0.39 is 5.97 Å². The van der Waals surface area contributed by atoms with E-state index in [0.29, 0.717) is 0 Å². The molecule has 5 heteroatoms. The van der Waals surface area contributed by atoms with Crippen LogP contribution in [0.1, 0.15) is 20.8 Å². The highest BCUT2D eigenvalue weighted by Crippen LogP contribution is 2.23. The summed E-state index contributed by atoms with van der Waals surface area (Å²) in [4.78, 5) is 14.8. The third-order valence-electron chi connectivity index (χ3n) is 2.53. The Labute approximate surface area is 117 Å². The highest BCUT2D eigenvalue weighted by Gasteiger charge is 2.12. The zero-order valence-electron chi connectivity index (χ0n) is 11.8. The first kappa shape index (κ1) is 14.1. The van der Waals surface area contributed by atoms with Crippen LogP contribution >= 0.6 is 0 Å². The van der Waals surface area contributed by atoms with E-state index in [-0.39, 0.29) is 12.1 Å². The Morgan fingerprint density at radius 3 is 2.50 bits per heavy atom. The van der Waals surface area contributed by atoms with Crippen LogP contribution in [0.3, 0.4) is 0 Å². The van der Waals surface area contributed by atoms with Gasteiger partial charge >= 0.3 is 5.97 Å². The van der Waals surface area contributed by atoms with Crippen LogP contribution in [-0.2, 0) is 11.3 Å². The Bertz CT molecular complexity index is 594. The van der Waals surface area contributed by atoms with E-state index in [1.165, 1.54) is 10.9 Å². The van der Waals surface area contributed by atoms with E-state index in [4.69, 9.17) is 9.84 Å². The molecule has 0 atom stereocenters. The van der Waals surface area contributed by atoms with Gasteiger partial charge in [0.2, 0.25) is 0 Å². The second-order valence-corrected chi connectivity index (χ2v) is 5.56. The minimum Gasteiger partial charge on any atom is -0.488 e. The fourth-order valence-electron chi connectivity index (χ4n) is 1.80. The molecule has 0 aliphatic heterocycles. The van der Waals surface area contributed by atoms with E-state index in [2.05, 4.69) is 4.98 Å². The molecule has 1 N–H and O–H groups in total. The fraction of sp³-hybridized carbons (Fsp3) is 0.333. The highest BCUT2D eigenvalue weighted by molar-refractivity contribution is 5.67. The van der Waals surface area contributed by atoms with E-state index in [0.717, 1.165) is 17.0 Å². The zero-order chi connectivity index (χ0) is 14.8. The van der Waals surface area contributed by atoms with E-state index in [9.17, 15) is 4.79 Å². The molecule has 0 radical (unpaired) electrons. The van der Waals surface area contributed by atoms with Gasteiger partial charge in [0, 0.05) is 11.8 Å². The molecular weight excluding hydrogens is 256 g/mol. The van der Waals surface area contributed by atoms with Crippen LogP contribution in [0.2, 0.25) is 0 Å². The molecule has 106 valence electrons. The minimum atomic E-state index is -0.886. The van der Waals surface area contributed by atoms with Crippen LogP contribution in [0.4, 0.5) is 0 Å². The quantitative estimate of drug-likeness (QED) is 0.931.